The summed E-state index contributed by atoms with van der Waals surface area (Å²) in [5.41, 5.74) is 7.86. The number of amides is 1. The molecule has 1 atom stereocenters. The number of hydrogen-bond donors (Lipinski definition) is 1. The molecule has 1 aromatic rings. The fourth-order valence-electron chi connectivity index (χ4n) is 7.97. The summed E-state index contributed by atoms with van der Waals surface area (Å²) in [5, 5.41) is 0. The van der Waals surface area contributed by atoms with E-state index in [4.69, 9.17) is 5.73 Å². The molecule has 1 unspecified atom stereocenters. The minimum Gasteiger partial charge on any atom is -0.390 e. The lowest BCUT2D eigenvalue weighted by Gasteiger charge is -2.35. The maximum absolute atomic E-state index is 12.7. The Balaban J connectivity index is 0.000000276. The largest absolute Gasteiger partial charge is 0.390 e. The molecule has 0 spiro atoms. The minimum absolute atomic E-state index is 0.225. The summed E-state index contributed by atoms with van der Waals surface area (Å²) in [6, 6.07) is 8.61. The molecule has 0 aromatic heterocycles. The Morgan fingerprint density at radius 1 is 0.818 bits per heavy atom. The Hall–Kier alpha value is -2.17. The van der Waals surface area contributed by atoms with Crippen LogP contribution in [0.15, 0.2) is 29.3 Å². The molecule has 5 rings (SSSR count). The highest BCUT2D eigenvalue weighted by molar-refractivity contribution is 5.79. The van der Waals surface area contributed by atoms with Crippen LogP contribution in [0.5, 0.6) is 0 Å². The zero-order valence-electron chi connectivity index (χ0n) is 29.2. The van der Waals surface area contributed by atoms with Crippen molar-refractivity contribution < 1.29 is 9.59 Å². The third-order valence-corrected chi connectivity index (χ3v) is 10.5. The fourth-order valence-corrected chi connectivity index (χ4v) is 7.97. The molecule has 1 saturated heterocycles. The number of benzene rings is 1. The van der Waals surface area contributed by atoms with E-state index in [0.717, 1.165) is 57.4 Å². The third kappa shape index (κ3) is 12.0. The summed E-state index contributed by atoms with van der Waals surface area (Å²) in [5.74, 6) is 2.81. The highest BCUT2D eigenvalue weighted by atomic mass is 16.2. The molecule has 2 N–H and O–H groups in total. The maximum Gasteiger partial charge on any atom is 0.226 e. The average Bonchev–Trinajstić information content (AvgIpc) is 3.11. The van der Waals surface area contributed by atoms with Gasteiger partial charge in [-0.1, -0.05) is 130 Å². The number of carbonyl (C=O) groups excluding carboxylic acids is 2. The average molecular weight is 610 g/mol. The molecule has 5 nitrogen and oxygen atoms in total. The number of piperidine rings is 1. The number of fused-ring (bicyclic) bond motifs is 1. The third-order valence-electron chi connectivity index (χ3n) is 10.5. The molecule has 1 aromatic carbocycles. The number of aliphatic imine (C=N–C) groups is 1. The fraction of sp³-hybridized carbons (Fsp3) is 0.769. The Morgan fingerprint density at radius 3 is 1.82 bits per heavy atom. The molecule has 0 radical (unpaired) electrons. The van der Waals surface area contributed by atoms with E-state index < -0.39 is 5.54 Å². The second kappa shape index (κ2) is 21.5. The molecule has 44 heavy (non-hydrogen) atoms. The predicted molar refractivity (Wildman–Crippen MR) is 188 cm³/mol. The molecular weight excluding hydrogens is 542 g/mol. The second-order valence-corrected chi connectivity index (χ2v) is 13.3. The topological polar surface area (TPSA) is 75.8 Å². The first-order chi connectivity index (χ1) is 21.6. The Morgan fingerprint density at radius 2 is 1.34 bits per heavy atom. The van der Waals surface area contributed by atoms with Crippen LogP contribution in [-0.2, 0) is 22.4 Å². The molecule has 5 heteroatoms. The van der Waals surface area contributed by atoms with Gasteiger partial charge in [-0.15, -0.1) is 0 Å². The lowest BCUT2D eigenvalue weighted by Crippen LogP contribution is -2.43. The van der Waals surface area contributed by atoms with Gasteiger partial charge in [0.05, 0.1) is 6.34 Å². The second-order valence-electron chi connectivity index (χ2n) is 13.3. The molecule has 1 aliphatic heterocycles. The molecule has 1 heterocycles. The number of nitrogens with two attached hydrogens (primary N) is 1. The van der Waals surface area contributed by atoms with E-state index >= 15 is 0 Å². The van der Waals surface area contributed by atoms with Gasteiger partial charge in [0.2, 0.25) is 5.91 Å². The van der Waals surface area contributed by atoms with Gasteiger partial charge in [-0.25, -0.2) is 0 Å². The quantitative estimate of drug-likeness (QED) is 0.181. The van der Waals surface area contributed by atoms with Gasteiger partial charge in [0, 0.05) is 19.0 Å². The molecule has 250 valence electrons. The summed E-state index contributed by atoms with van der Waals surface area (Å²) >= 11 is 0. The number of carbonyl (C=O) groups is 2. The Kier molecular flexibility index (Phi) is 18.6. The lowest BCUT2D eigenvalue weighted by atomic mass is 9.74. The van der Waals surface area contributed by atoms with Crippen molar-refractivity contribution in [1.82, 2.24) is 4.90 Å². The zero-order valence-corrected chi connectivity index (χ0v) is 29.2. The molecule has 3 fully saturated rings. The number of likely N-dealkylation sites (tertiary alicyclic amines) is 1. The molecule has 3 aliphatic carbocycles. The normalized spacial score (nSPS) is 21.5. The summed E-state index contributed by atoms with van der Waals surface area (Å²) in [6.07, 6.45) is 24.0. The summed E-state index contributed by atoms with van der Waals surface area (Å²) in [4.78, 5) is 31.1. The van der Waals surface area contributed by atoms with Gasteiger partial charge in [-0.05, 0) is 73.8 Å². The van der Waals surface area contributed by atoms with Crippen LogP contribution in [0.1, 0.15) is 148 Å². The van der Waals surface area contributed by atoms with Crippen LogP contribution >= 0.6 is 0 Å². The van der Waals surface area contributed by atoms with Crippen LogP contribution in [0, 0.1) is 23.7 Å². The minimum atomic E-state index is -0.529. The van der Waals surface area contributed by atoms with Gasteiger partial charge in [-0.3, -0.25) is 9.79 Å². The van der Waals surface area contributed by atoms with Crippen molar-refractivity contribution in [1.29, 1.82) is 0 Å². The monoisotopic (exact) mass is 610 g/mol. The molecule has 0 bridgehead atoms. The first-order valence-corrected chi connectivity index (χ1v) is 18.6. The highest BCUT2D eigenvalue weighted by Crippen LogP contribution is 2.38. The Labute approximate surface area is 271 Å². The van der Waals surface area contributed by atoms with E-state index in [1.54, 1.807) is 0 Å². The lowest BCUT2D eigenvalue weighted by molar-refractivity contribution is -0.137. The number of aryl methyl sites for hydroxylation is 1. The van der Waals surface area contributed by atoms with E-state index in [0.29, 0.717) is 17.7 Å². The summed E-state index contributed by atoms with van der Waals surface area (Å²) < 4.78 is 0. The van der Waals surface area contributed by atoms with Gasteiger partial charge in [-0.2, -0.15) is 0 Å². The van der Waals surface area contributed by atoms with Gasteiger partial charge < -0.3 is 15.4 Å². The first kappa shape index (κ1) is 38.0. The van der Waals surface area contributed by atoms with Crippen molar-refractivity contribution >= 4 is 18.5 Å². The van der Waals surface area contributed by atoms with Crippen molar-refractivity contribution in [3.05, 3.63) is 35.4 Å². The Bertz CT molecular complexity index is 920. The highest BCUT2D eigenvalue weighted by Gasteiger charge is 2.35. The zero-order chi connectivity index (χ0) is 32.2. The number of aldehydes is 1. The number of rotatable bonds is 8. The van der Waals surface area contributed by atoms with E-state index in [2.05, 4.69) is 41.1 Å². The SMILES string of the molecule is CC.CC.CCC1CCN(C(=O)C2CCc3ccccc3C2)CC1.NC=NC(C=O)(CC1CCCCC1)CC1CCCCC1. The van der Waals surface area contributed by atoms with Crippen LogP contribution in [0.25, 0.3) is 0 Å². The summed E-state index contributed by atoms with van der Waals surface area (Å²) in [6.45, 7) is 12.2. The maximum atomic E-state index is 12.7. The van der Waals surface area contributed by atoms with Gasteiger partial charge in [0.25, 0.3) is 0 Å². The first-order valence-electron chi connectivity index (χ1n) is 18.6. The van der Waals surface area contributed by atoms with Crippen LogP contribution < -0.4 is 5.73 Å². The number of nitrogens with zero attached hydrogens (tertiary/aromatic N) is 2. The van der Waals surface area contributed by atoms with Crippen LogP contribution in [0.4, 0.5) is 0 Å². The van der Waals surface area contributed by atoms with E-state index in [9.17, 15) is 9.59 Å². The van der Waals surface area contributed by atoms with E-state index in [-0.39, 0.29) is 5.92 Å². The van der Waals surface area contributed by atoms with Crippen LogP contribution in [-0.4, -0.2) is 42.1 Å². The molecule has 4 aliphatic rings. The smallest absolute Gasteiger partial charge is 0.226 e. The molecule has 2 saturated carbocycles. The van der Waals surface area contributed by atoms with Crippen molar-refractivity contribution in [3.8, 4) is 0 Å². The summed E-state index contributed by atoms with van der Waals surface area (Å²) in [7, 11) is 0. The van der Waals surface area contributed by atoms with Crippen molar-refractivity contribution in [2.45, 2.75) is 156 Å². The predicted octanol–water partition coefficient (Wildman–Crippen LogP) is 9.34. The van der Waals surface area contributed by atoms with E-state index in [1.807, 2.05) is 27.7 Å². The van der Waals surface area contributed by atoms with E-state index in [1.165, 1.54) is 101 Å². The number of hydrogen-bond acceptors (Lipinski definition) is 3. The molecule has 1 amide bonds. The molecular formula is C39H67N3O2. The van der Waals surface area contributed by atoms with Gasteiger partial charge in [0.1, 0.15) is 11.8 Å². The van der Waals surface area contributed by atoms with Crippen molar-refractivity contribution in [2.24, 2.45) is 34.4 Å². The standard InChI is InChI=1S/C18H25NO.C17H30N2O.2C2H6/c1-2-14-9-11-19(12-10-14)18(20)17-8-7-15-5-3-4-6-16(15)13-17;18-14-19-17(13-20,11-15-7-3-1-4-8-15)12-16-9-5-2-6-10-16;2*1-2/h3-6,14,17H,2,7-13H2,1H3;13-16H,1-12H2,(H2,18,19);2*1-2H3. The van der Waals surface area contributed by atoms with Crippen molar-refractivity contribution in [3.63, 3.8) is 0 Å². The van der Waals surface area contributed by atoms with Crippen LogP contribution in [0.2, 0.25) is 0 Å². The van der Waals surface area contributed by atoms with Crippen LogP contribution in [0.3, 0.4) is 0 Å². The van der Waals surface area contributed by atoms with Gasteiger partial charge >= 0.3 is 0 Å². The van der Waals surface area contributed by atoms with Gasteiger partial charge in [0.15, 0.2) is 0 Å². The van der Waals surface area contributed by atoms with Crippen molar-refractivity contribution in [2.75, 3.05) is 13.1 Å².